The summed E-state index contributed by atoms with van der Waals surface area (Å²) in [6.45, 7) is 2.37. The van der Waals surface area contributed by atoms with Gasteiger partial charge in [-0.05, 0) is 82.1 Å². The minimum atomic E-state index is -1.39. The molecule has 0 aliphatic heterocycles. The Kier molecular flexibility index (Phi) is 5.80. The van der Waals surface area contributed by atoms with Crippen molar-refractivity contribution in [2.75, 3.05) is 0 Å². The number of rotatable bonds is 4. The Hall–Kier alpha value is -1.13. The van der Waals surface area contributed by atoms with Gasteiger partial charge in [-0.15, -0.1) is 0 Å². The molecular weight excluding hydrogens is 331 g/mol. The Morgan fingerprint density at radius 2 is 1.12 bits per heavy atom. The third-order valence-corrected chi connectivity index (χ3v) is 12.8. The van der Waals surface area contributed by atoms with Gasteiger partial charge in [0.05, 0.1) is 23.9 Å². The lowest BCUT2D eigenvalue weighted by atomic mass is 9.99. The largest absolute Gasteiger partial charge is 0.103 e. The lowest BCUT2D eigenvalue weighted by molar-refractivity contribution is 0.483. The van der Waals surface area contributed by atoms with Crippen LogP contribution in [0.25, 0.3) is 0 Å². The van der Waals surface area contributed by atoms with E-state index in [2.05, 4.69) is 61.5 Å². The van der Waals surface area contributed by atoms with E-state index >= 15 is 0 Å². The molecule has 0 aromatic heterocycles. The van der Waals surface area contributed by atoms with Gasteiger partial charge in [-0.1, -0.05) is 49.2 Å². The molecule has 0 unspecified atom stereocenters. The Bertz CT molecular complexity index is 675. The molecule has 2 aliphatic carbocycles. The van der Waals surface area contributed by atoms with E-state index in [1.54, 1.807) is 16.2 Å². The van der Waals surface area contributed by atoms with E-state index in [0.717, 1.165) is 11.3 Å². The highest BCUT2D eigenvalue weighted by Crippen LogP contribution is 2.70. The Balaban J connectivity index is 1.94. The second kappa shape index (κ2) is 8.26. The molecule has 2 aliphatic rings. The second-order valence-electron chi connectivity index (χ2n) is 8.48. The first-order chi connectivity index (χ1) is 12.8. The summed E-state index contributed by atoms with van der Waals surface area (Å²) in [5.41, 5.74) is 3.35. The lowest BCUT2D eigenvalue weighted by Crippen LogP contribution is -2.41. The van der Waals surface area contributed by atoms with Crippen molar-refractivity contribution in [1.29, 1.82) is 0 Å². The summed E-state index contributed by atoms with van der Waals surface area (Å²) < 4.78 is 0. The molecule has 0 radical (unpaired) electrons. The molecule has 2 saturated carbocycles. The maximum atomic E-state index is 2.51. The van der Waals surface area contributed by atoms with Gasteiger partial charge in [0.25, 0.3) is 0 Å². The van der Waals surface area contributed by atoms with Crippen molar-refractivity contribution < 1.29 is 0 Å². The topological polar surface area (TPSA) is 0 Å². The summed E-state index contributed by atoms with van der Waals surface area (Å²) in [4.78, 5) is 0. The quantitative estimate of drug-likeness (QED) is 0.534. The molecule has 4 rings (SSSR count). The molecule has 2 aromatic carbocycles. The van der Waals surface area contributed by atoms with E-state index in [4.69, 9.17) is 0 Å². The third kappa shape index (κ3) is 3.27. The van der Waals surface area contributed by atoms with Crippen LogP contribution in [0.1, 0.15) is 69.8 Å². The Labute approximate surface area is 160 Å². The molecule has 2 aromatic rings. The standard InChI is InChI=1S/C25H34P/c1-21-13-11-12-20-25(21)26(22-14-5-2-6-15-22,23-16-7-3-8-17-23)24-18-9-4-10-19-24/h2,5-6,11-15,20,23-24H,3-4,7-10,16-19H2,1H3/q+1. The summed E-state index contributed by atoms with van der Waals surface area (Å²) >= 11 is 0. The molecule has 0 spiro atoms. The van der Waals surface area contributed by atoms with Crippen molar-refractivity contribution in [2.45, 2.75) is 82.4 Å². The summed E-state index contributed by atoms with van der Waals surface area (Å²) in [6.07, 6.45) is 14.5. The number of hydrogen-bond donors (Lipinski definition) is 0. The molecule has 1 heteroatoms. The molecular formula is C25H34P+. The smallest absolute Gasteiger partial charge is 0.0620 e. The van der Waals surface area contributed by atoms with E-state index in [0.29, 0.717) is 0 Å². The monoisotopic (exact) mass is 365 g/mol. The van der Waals surface area contributed by atoms with Gasteiger partial charge in [0, 0.05) is 0 Å². The molecule has 0 amide bonds. The highest BCUT2D eigenvalue weighted by atomic mass is 31.2. The predicted octanol–water partition coefficient (Wildman–Crippen LogP) is 6.63. The first-order valence-corrected chi connectivity index (χ1v) is 12.8. The first kappa shape index (κ1) is 18.2. The maximum absolute atomic E-state index is 2.51. The van der Waals surface area contributed by atoms with Crippen molar-refractivity contribution in [3.63, 3.8) is 0 Å². The van der Waals surface area contributed by atoms with Crippen molar-refractivity contribution in [3.8, 4) is 0 Å². The van der Waals surface area contributed by atoms with Gasteiger partial charge in [0.15, 0.2) is 0 Å². The van der Waals surface area contributed by atoms with E-state index in [1.807, 2.05) is 0 Å². The fourth-order valence-corrected chi connectivity index (χ4v) is 12.4. The van der Waals surface area contributed by atoms with Crippen molar-refractivity contribution in [2.24, 2.45) is 0 Å². The zero-order chi connectivity index (χ0) is 17.8. The second-order valence-corrected chi connectivity index (χ2v) is 12.5. The van der Waals surface area contributed by atoms with Gasteiger partial charge >= 0.3 is 0 Å². The number of aryl methyl sites for hydroxylation is 1. The average molecular weight is 366 g/mol. The fraction of sp³-hybridized carbons (Fsp3) is 0.520. The maximum Gasteiger partial charge on any atom is 0.103 e. The SMILES string of the molecule is Cc1ccccc1[P+](c1ccccc1)(C1CCCCC1)C1CCCCC1. The Morgan fingerprint density at radius 1 is 0.615 bits per heavy atom. The summed E-state index contributed by atoms with van der Waals surface area (Å²) in [7, 11) is -1.39. The highest BCUT2D eigenvalue weighted by molar-refractivity contribution is 7.90. The lowest BCUT2D eigenvalue weighted by Gasteiger charge is -2.44. The molecule has 0 heterocycles. The van der Waals surface area contributed by atoms with Crippen LogP contribution < -0.4 is 10.6 Å². The number of benzene rings is 2. The summed E-state index contributed by atoms with van der Waals surface area (Å²) in [5, 5.41) is 3.44. The van der Waals surface area contributed by atoms with Crippen LogP contribution in [-0.2, 0) is 0 Å². The minimum Gasteiger partial charge on any atom is -0.0620 e. The first-order valence-electron chi connectivity index (χ1n) is 10.8. The fourth-order valence-electron chi connectivity index (χ4n) is 5.88. The van der Waals surface area contributed by atoms with Gasteiger partial charge in [-0.25, -0.2) is 0 Å². The van der Waals surface area contributed by atoms with E-state index in [1.165, 1.54) is 64.2 Å². The van der Waals surface area contributed by atoms with Gasteiger partial charge < -0.3 is 0 Å². The molecule has 0 nitrogen and oxygen atoms in total. The van der Waals surface area contributed by atoms with Crippen molar-refractivity contribution in [1.82, 2.24) is 0 Å². The highest BCUT2D eigenvalue weighted by Gasteiger charge is 2.56. The molecule has 0 N–H and O–H groups in total. The van der Waals surface area contributed by atoms with Gasteiger partial charge in [0.2, 0.25) is 0 Å². The van der Waals surface area contributed by atoms with Crippen LogP contribution in [0.2, 0.25) is 0 Å². The van der Waals surface area contributed by atoms with Gasteiger partial charge in [-0.3, -0.25) is 0 Å². The normalized spacial score (nSPS) is 20.2. The van der Waals surface area contributed by atoms with E-state index in [9.17, 15) is 0 Å². The third-order valence-electron chi connectivity index (χ3n) is 7.00. The van der Waals surface area contributed by atoms with Crippen LogP contribution in [-0.4, -0.2) is 11.3 Å². The molecule has 0 bridgehead atoms. The van der Waals surface area contributed by atoms with Gasteiger partial charge in [-0.2, -0.15) is 0 Å². The van der Waals surface area contributed by atoms with Crippen LogP contribution in [0.5, 0.6) is 0 Å². The molecule has 2 fully saturated rings. The van der Waals surface area contributed by atoms with Crippen LogP contribution in [0, 0.1) is 6.92 Å². The van der Waals surface area contributed by atoms with Crippen molar-refractivity contribution in [3.05, 3.63) is 60.2 Å². The molecule has 26 heavy (non-hydrogen) atoms. The van der Waals surface area contributed by atoms with Gasteiger partial charge in [0.1, 0.15) is 5.30 Å². The predicted molar refractivity (Wildman–Crippen MR) is 118 cm³/mol. The zero-order valence-corrected chi connectivity index (χ0v) is 17.3. The zero-order valence-electron chi connectivity index (χ0n) is 16.4. The van der Waals surface area contributed by atoms with Crippen LogP contribution in [0.4, 0.5) is 0 Å². The van der Waals surface area contributed by atoms with E-state index < -0.39 is 7.26 Å². The molecule has 0 saturated heterocycles. The van der Waals surface area contributed by atoms with Crippen LogP contribution in [0.15, 0.2) is 54.6 Å². The molecule has 138 valence electrons. The summed E-state index contributed by atoms with van der Waals surface area (Å²) in [5.74, 6) is 0. The Morgan fingerprint density at radius 3 is 1.65 bits per heavy atom. The summed E-state index contributed by atoms with van der Waals surface area (Å²) in [6, 6.07) is 21.2. The van der Waals surface area contributed by atoms with E-state index in [-0.39, 0.29) is 0 Å². The van der Waals surface area contributed by atoms with Crippen LogP contribution >= 0.6 is 7.26 Å². The van der Waals surface area contributed by atoms with Crippen LogP contribution in [0.3, 0.4) is 0 Å². The minimum absolute atomic E-state index is 0.905. The molecule has 0 atom stereocenters. The van der Waals surface area contributed by atoms with Crippen molar-refractivity contribution >= 4 is 17.9 Å². The average Bonchev–Trinajstić information content (AvgIpc) is 2.72. The number of hydrogen-bond acceptors (Lipinski definition) is 0.